The molecule has 6 heteroatoms. The van der Waals surface area contributed by atoms with Gasteiger partial charge in [0.2, 0.25) is 0 Å². The SMILES string of the molecule is CCNCCn1nnc2c(N)nccc21. The molecule has 2 aromatic rings. The predicted molar refractivity (Wildman–Crippen MR) is 58.3 cm³/mol. The Bertz CT molecular complexity index is 449. The smallest absolute Gasteiger partial charge is 0.155 e. The van der Waals surface area contributed by atoms with E-state index in [2.05, 4.69) is 27.5 Å². The lowest BCUT2D eigenvalue weighted by Crippen LogP contribution is -2.19. The molecule has 15 heavy (non-hydrogen) atoms. The number of fused-ring (bicyclic) bond motifs is 1. The zero-order chi connectivity index (χ0) is 10.7. The molecule has 0 aromatic carbocycles. The Morgan fingerprint density at radius 1 is 1.53 bits per heavy atom. The minimum atomic E-state index is 0.433. The van der Waals surface area contributed by atoms with Crippen LogP contribution >= 0.6 is 0 Å². The molecular weight excluding hydrogens is 192 g/mol. The van der Waals surface area contributed by atoms with Gasteiger partial charge in [0.15, 0.2) is 11.3 Å². The van der Waals surface area contributed by atoms with Gasteiger partial charge in [-0.05, 0) is 12.6 Å². The fourth-order valence-electron chi connectivity index (χ4n) is 1.44. The van der Waals surface area contributed by atoms with Gasteiger partial charge in [-0.15, -0.1) is 5.10 Å². The number of nitrogens with zero attached hydrogens (tertiary/aromatic N) is 4. The molecule has 0 aliphatic rings. The zero-order valence-corrected chi connectivity index (χ0v) is 8.64. The van der Waals surface area contributed by atoms with Gasteiger partial charge in [0.05, 0.1) is 12.1 Å². The summed E-state index contributed by atoms with van der Waals surface area (Å²) < 4.78 is 1.83. The summed E-state index contributed by atoms with van der Waals surface area (Å²) in [6.45, 7) is 4.68. The van der Waals surface area contributed by atoms with Crippen LogP contribution in [0.5, 0.6) is 0 Å². The van der Waals surface area contributed by atoms with E-state index in [0.29, 0.717) is 11.3 Å². The van der Waals surface area contributed by atoms with Crippen LogP contribution in [-0.4, -0.2) is 33.1 Å². The molecule has 0 fully saturated rings. The number of hydrogen-bond acceptors (Lipinski definition) is 5. The minimum absolute atomic E-state index is 0.433. The second-order valence-corrected chi connectivity index (χ2v) is 3.23. The van der Waals surface area contributed by atoms with E-state index >= 15 is 0 Å². The Labute approximate surface area is 87.5 Å². The van der Waals surface area contributed by atoms with Crippen LogP contribution in [0.1, 0.15) is 6.92 Å². The molecule has 2 rings (SSSR count). The van der Waals surface area contributed by atoms with Crippen molar-refractivity contribution in [1.29, 1.82) is 0 Å². The maximum absolute atomic E-state index is 5.68. The third-order valence-electron chi connectivity index (χ3n) is 2.21. The van der Waals surface area contributed by atoms with Gasteiger partial charge < -0.3 is 11.1 Å². The van der Waals surface area contributed by atoms with Crippen LogP contribution in [0.3, 0.4) is 0 Å². The second kappa shape index (κ2) is 4.22. The molecule has 6 nitrogen and oxygen atoms in total. The Morgan fingerprint density at radius 3 is 3.20 bits per heavy atom. The molecular formula is C9H14N6. The summed E-state index contributed by atoms with van der Waals surface area (Å²) in [5.74, 6) is 0.433. The summed E-state index contributed by atoms with van der Waals surface area (Å²) in [6, 6.07) is 1.87. The lowest BCUT2D eigenvalue weighted by Gasteiger charge is -2.02. The maximum Gasteiger partial charge on any atom is 0.155 e. The number of pyridine rings is 1. The lowest BCUT2D eigenvalue weighted by atomic mass is 10.4. The van der Waals surface area contributed by atoms with E-state index in [-0.39, 0.29) is 0 Å². The van der Waals surface area contributed by atoms with Gasteiger partial charge in [0.25, 0.3) is 0 Å². The normalized spacial score (nSPS) is 11.0. The lowest BCUT2D eigenvalue weighted by molar-refractivity contribution is 0.562. The number of hydrogen-bond donors (Lipinski definition) is 2. The molecule has 3 N–H and O–H groups in total. The molecule has 80 valence electrons. The zero-order valence-electron chi connectivity index (χ0n) is 8.64. The van der Waals surface area contributed by atoms with Crippen molar-refractivity contribution in [1.82, 2.24) is 25.3 Å². The van der Waals surface area contributed by atoms with Gasteiger partial charge in [0.1, 0.15) is 0 Å². The molecule has 0 aliphatic heterocycles. The number of likely N-dealkylation sites (N-methyl/N-ethyl adjacent to an activating group) is 1. The molecule has 0 saturated heterocycles. The fraction of sp³-hybridized carbons (Fsp3) is 0.444. The van der Waals surface area contributed by atoms with Crippen LogP contribution < -0.4 is 11.1 Å². The molecule has 0 atom stereocenters. The summed E-state index contributed by atoms with van der Waals surface area (Å²) in [7, 11) is 0. The predicted octanol–water partition coefficient (Wildman–Crippen LogP) is 0.0180. The summed E-state index contributed by atoms with van der Waals surface area (Å²) in [6.07, 6.45) is 1.67. The monoisotopic (exact) mass is 206 g/mol. The summed E-state index contributed by atoms with van der Waals surface area (Å²) in [5.41, 5.74) is 7.29. The molecule has 0 aliphatic carbocycles. The van der Waals surface area contributed by atoms with Crippen molar-refractivity contribution in [2.45, 2.75) is 13.5 Å². The molecule has 0 spiro atoms. The van der Waals surface area contributed by atoms with Crippen LogP contribution in [0.15, 0.2) is 12.3 Å². The molecule has 0 amide bonds. The number of rotatable bonds is 4. The number of anilines is 1. The van der Waals surface area contributed by atoms with Gasteiger partial charge in [0, 0.05) is 12.7 Å². The first-order valence-electron chi connectivity index (χ1n) is 4.97. The van der Waals surface area contributed by atoms with Gasteiger partial charge >= 0.3 is 0 Å². The maximum atomic E-state index is 5.68. The molecule has 0 radical (unpaired) electrons. The van der Waals surface area contributed by atoms with Crippen LogP contribution in [-0.2, 0) is 6.54 Å². The van der Waals surface area contributed by atoms with Crippen molar-refractivity contribution in [2.75, 3.05) is 18.8 Å². The van der Waals surface area contributed by atoms with Gasteiger partial charge in [-0.2, -0.15) is 0 Å². The van der Waals surface area contributed by atoms with E-state index in [1.807, 2.05) is 10.7 Å². The van der Waals surface area contributed by atoms with Crippen LogP contribution in [0.4, 0.5) is 5.82 Å². The third kappa shape index (κ3) is 1.89. The third-order valence-corrected chi connectivity index (χ3v) is 2.21. The largest absolute Gasteiger partial charge is 0.382 e. The van der Waals surface area contributed by atoms with Crippen molar-refractivity contribution in [2.24, 2.45) is 0 Å². The first-order valence-corrected chi connectivity index (χ1v) is 4.97. The fourth-order valence-corrected chi connectivity index (χ4v) is 1.44. The number of nitrogens with one attached hydrogen (secondary N) is 1. The highest BCUT2D eigenvalue weighted by Crippen LogP contribution is 2.14. The number of nitrogen functional groups attached to an aromatic ring is 1. The van der Waals surface area contributed by atoms with Crippen molar-refractivity contribution in [3.63, 3.8) is 0 Å². The Balaban J connectivity index is 2.25. The highest BCUT2D eigenvalue weighted by Gasteiger charge is 2.06. The molecule has 0 saturated carbocycles. The topological polar surface area (TPSA) is 81.7 Å². The van der Waals surface area contributed by atoms with Gasteiger partial charge in [-0.3, -0.25) is 0 Å². The first-order chi connectivity index (χ1) is 7.33. The van der Waals surface area contributed by atoms with Crippen molar-refractivity contribution < 1.29 is 0 Å². The van der Waals surface area contributed by atoms with Crippen LogP contribution in [0.2, 0.25) is 0 Å². The average Bonchev–Trinajstić information content (AvgIpc) is 2.64. The van der Waals surface area contributed by atoms with Gasteiger partial charge in [-0.25, -0.2) is 9.67 Å². The standard InChI is InChI=1S/C9H14N6/c1-2-11-5-6-15-7-3-4-12-9(10)8(7)13-14-15/h3-4,11H,2,5-6H2,1H3,(H2,10,12). The van der Waals surface area contributed by atoms with Crippen LogP contribution in [0, 0.1) is 0 Å². The van der Waals surface area contributed by atoms with E-state index in [9.17, 15) is 0 Å². The number of nitrogens with two attached hydrogens (primary N) is 1. The van der Waals surface area contributed by atoms with E-state index in [1.165, 1.54) is 0 Å². The highest BCUT2D eigenvalue weighted by atomic mass is 15.4. The van der Waals surface area contributed by atoms with E-state index in [0.717, 1.165) is 25.2 Å². The summed E-state index contributed by atoms with van der Waals surface area (Å²) in [4.78, 5) is 3.96. The molecule has 2 heterocycles. The van der Waals surface area contributed by atoms with E-state index in [4.69, 9.17) is 5.73 Å². The van der Waals surface area contributed by atoms with Crippen molar-refractivity contribution in [3.05, 3.63) is 12.3 Å². The quantitative estimate of drug-likeness (QED) is 0.689. The van der Waals surface area contributed by atoms with Crippen molar-refractivity contribution in [3.8, 4) is 0 Å². The minimum Gasteiger partial charge on any atom is -0.382 e. The second-order valence-electron chi connectivity index (χ2n) is 3.23. The Morgan fingerprint density at radius 2 is 2.40 bits per heavy atom. The molecule has 0 bridgehead atoms. The summed E-state index contributed by atoms with van der Waals surface area (Å²) in [5, 5.41) is 11.3. The number of aromatic nitrogens is 4. The van der Waals surface area contributed by atoms with E-state index in [1.54, 1.807) is 6.20 Å². The molecule has 0 unspecified atom stereocenters. The summed E-state index contributed by atoms with van der Waals surface area (Å²) >= 11 is 0. The van der Waals surface area contributed by atoms with Gasteiger partial charge in [-0.1, -0.05) is 12.1 Å². The first kappa shape index (κ1) is 9.85. The average molecular weight is 206 g/mol. The van der Waals surface area contributed by atoms with Crippen molar-refractivity contribution >= 4 is 16.9 Å². The highest BCUT2D eigenvalue weighted by molar-refractivity contribution is 5.83. The van der Waals surface area contributed by atoms with E-state index < -0.39 is 0 Å². The Hall–Kier alpha value is -1.69. The Kier molecular flexibility index (Phi) is 2.77. The van der Waals surface area contributed by atoms with Crippen LogP contribution in [0.25, 0.3) is 11.0 Å². The molecule has 2 aromatic heterocycles.